The van der Waals surface area contributed by atoms with Crippen LogP contribution in [-0.2, 0) is 13.0 Å². The Kier molecular flexibility index (Phi) is 4.74. The fourth-order valence-electron chi connectivity index (χ4n) is 3.17. The van der Waals surface area contributed by atoms with E-state index in [1.165, 1.54) is 6.07 Å². The molecule has 1 aromatic heterocycles. The molecule has 1 N–H and O–H groups in total. The van der Waals surface area contributed by atoms with E-state index < -0.39 is 0 Å². The van der Waals surface area contributed by atoms with Gasteiger partial charge >= 0.3 is 6.03 Å². The zero-order chi connectivity index (χ0) is 17.1. The van der Waals surface area contributed by atoms with Crippen LogP contribution in [0.15, 0.2) is 36.8 Å². The first-order valence-corrected chi connectivity index (χ1v) is 8.10. The predicted octanol–water partition coefficient (Wildman–Crippen LogP) is 3.08. The molecule has 24 heavy (non-hydrogen) atoms. The van der Waals surface area contributed by atoms with Gasteiger partial charge in [-0.05, 0) is 36.0 Å². The van der Waals surface area contributed by atoms with Gasteiger partial charge in [-0.3, -0.25) is 9.97 Å². The van der Waals surface area contributed by atoms with Crippen molar-refractivity contribution in [2.45, 2.75) is 32.4 Å². The summed E-state index contributed by atoms with van der Waals surface area (Å²) in [5.41, 5.74) is 2.32. The zero-order valence-electron chi connectivity index (χ0n) is 13.9. The molecule has 0 radical (unpaired) electrons. The van der Waals surface area contributed by atoms with Crippen LogP contribution in [0.25, 0.3) is 0 Å². The van der Waals surface area contributed by atoms with E-state index in [1.54, 1.807) is 36.6 Å². The van der Waals surface area contributed by atoms with Crippen LogP contribution in [0.3, 0.4) is 0 Å². The number of hydrogen-bond acceptors (Lipinski definition) is 3. The van der Waals surface area contributed by atoms with Crippen LogP contribution < -0.4 is 5.32 Å². The topological polar surface area (TPSA) is 58.1 Å². The maximum absolute atomic E-state index is 14.0. The van der Waals surface area contributed by atoms with Gasteiger partial charge in [-0.15, -0.1) is 0 Å². The first kappa shape index (κ1) is 16.4. The minimum Gasteiger partial charge on any atom is -0.331 e. The molecule has 0 spiro atoms. The van der Waals surface area contributed by atoms with Crippen LogP contribution in [0.4, 0.5) is 9.18 Å². The molecule has 2 atom stereocenters. The summed E-state index contributed by atoms with van der Waals surface area (Å²) in [5.74, 6) is 0.0692. The molecule has 0 unspecified atom stereocenters. The van der Waals surface area contributed by atoms with Crippen molar-refractivity contribution in [2.75, 3.05) is 7.05 Å². The highest BCUT2D eigenvalue weighted by Gasteiger charge is 2.30. The van der Waals surface area contributed by atoms with Crippen LogP contribution in [0, 0.1) is 11.7 Å². The maximum atomic E-state index is 14.0. The summed E-state index contributed by atoms with van der Waals surface area (Å²) < 4.78 is 14.0. The van der Waals surface area contributed by atoms with Gasteiger partial charge in [0.25, 0.3) is 0 Å². The van der Waals surface area contributed by atoms with Gasteiger partial charge in [0.05, 0.1) is 24.5 Å². The Balaban J connectivity index is 1.73. The lowest BCUT2D eigenvalue weighted by Gasteiger charge is -2.33. The number of urea groups is 1. The number of benzene rings is 1. The van der Waals surface area contributed by atoms with E-state index in [0.717, 1.165) is 23.2 Å². The zero-order valence-corrected chi connectivity index (χ0v) is 13.9. The average Bonchev–Trinajstić information content (AvgIpc) is 2.58. The first-order chi connectivity index (χ1) is 11.6. The molecule has 2 amide bonds. The van der Waals surface area contributed by atoms with Gasteiger partial charge in [-0.2, -0.15) is 0 Å². The van der Waals surface area contributed by atoms with Crippen LogP contribution >= 0.6 is 0 Å². The summed E-state index contributed by atoms with van der Waals surface area (Å²) in [6, 6.07) is 4.71. The van der Waals surface area contributed by atoms with Crippen molar-refractivity contribution in [1.82, 2.24) is 20.2 Å². The molecule has 0 saturated heterocycles. The Morgan fingerprint density at radius 1 is 1.42 bits per heavy atom. The fraction of sp³-hybridized carbons (Fsp3) is 0.389. The molecule has 1 heterocycles. The second-order valence-corrected chi connectivity index (χ2v) is 6.30. The van der Waals surface area contributed by atoms with Crippen molar-refractivity contribution in [2.24, 2.45) is 5.92 Å². The quantitative estimate of drug-likeness (QED) is 0.942. The first-order valence-electron chi connectivity index (χ1n) is 8.10. The highest BCUT2D eigenvalue weighted by Crippen LogP contribution is 2.35. The summed E-state index contributed by atoms with van der Waals surface area (Å²) in [6.07, 6.45) is 6.40. The highest BCUT2D eigenvalue weighted by molar-refractivity contribution is 5.74. The number of halogens is 1. The van der Waals surface area contributed by atoms with Gasteiger partial charge in [0.2, 0.25) is 0 Å². The molecular weight excluding hydrogens is 307 g/mol. The largest absolute Gasteiger partial charge is 0.331 e. The summed E-state index contributed by atoms with van der Waals surface area (Å²) in [5, 5.41) is 3.04. The third-order valence-electron chi connectivity index (χ3n) is 4.55. The lowest BCUT2D eigenvalue weighted by Crippen LogP contribution is -2.42. The molecule has 1 aliphatic rings. The van der Waals surface area contributed by atoms with Gasteiger partial charge in [0.15, 0.2) is 0 Å². The van der Waals surface area contributed by atoms with Crippen molar-refractivity contribution < 1.29 is 9.18 Å². The minimum absolute atomic E-state index is 0.179. The highest BCUT2D eigenvalue weighted by atomic mass is 19.1. The van der Waals surface area contributed by atoms with Crippen molar-refractivity contribution in [3.8, 4) is 0 Å². The van der Waals surface area contributed by atoms with Crippen LogP contribution in [0.5, 0.6) is 0 Å². The molecule has 0 bridgehead atoms. The predicted molar refractivity (Wildman–Crippen MR) is 88.7 cm³/mol. The molecule has 6 heteroatoms. The molecule has 0 aliphatic heterocycles. The molecule has 5 nitrogen and oxygen atoms in total. The van der Waals surface area contributed by atoms with Gasteiger partial charge in [0, 0.05) is 19.4 Å². The van der Waals surface area contributed by atoms with Crippen LogP contribution in [-0.4, -0.2) is 27.9 Å². The molecule has 3 rings (SSSR count). The number of aromatic nitrogens is 2. The number of carbonyl (C=O) groups is 1. The molecule has 0 fully saturated rings. The van der Waals surface area contributed by atoms with E-state index in [9.17, 15) is 9.18 Å². The molecule has 1 aliphatic carbocycles. The number of nitrogens with one attached hydrogen (secondary N) is 1. The molecule has 1 aromatic carbocycles. The Labute approximate surface area is 140 Å². The van der Waals surface area contributed by atoms with Crippen molar-refractivity contribution in [3.05, 3.63) is 59.4 Å². The standard InChI is InChI=1S/C18H21FN4O/c1-12-6-7-14-15(4-3-5-16(14)19)17(12)22-18(24)23(2)11-13-10-20-8-9-21-13/h3-5,8-10,12,17H,6-7,11H2,1-2H3,(H,22,24)/t12-,17+/m0/s1. The van der Waals surface area contributed by atoms with Gasteiger partial charge < -0.3 is 10.2 Å². The lowest BCUT2D eigenvalue weighted by molar-refractivity contribution is 0.195. The van der Waals surface area contributed by atoms with Gasteiger partial charge in [0.1, 0.15) is 5.82 Å². The van der Waals surface area contributed by atoms with Crippen molar-refractivity contribution in [1.29, 1.82) is 0 Å². The molecular formula is C18H21FN4O. The molecule has 2 aromatic rings. The van der Waals surface area contributed by atoms with Crippen LogP contribution in [0.1, 0.15) is 36.2 Å². The summed E-state index contributed by atoms with van der Waals surface area (Å²) >= 11 is 0. The number of hydrogen-bond donors (Lipinski definition) is 1. The third-order valence-corrected chi connectivity index (χ3v) is 4.55. The summed E-state index contributed by atoms with van der Waals surface area (Å²) in [7, 11) is 1.71. The Hall–Kier alpha value is -2.50. The Morgan fingerprint density at radius 3 is 3.00 bits per heavy atom. The SMILES string of the molecule is C[C@H]1CCc2c(F)cccc2[C@@H]1NC(=O)N(C)Cc1cnccn1. The number of amides is 2. The third kappa shape index (κ3) is 3.37. The van der Waals surface area contributed by atoms with Gasteiger partial charge in [-0.25, -0.2) is 9.18 Å². The Morgan fingerprint density at radius 2 is 2.25 bits per heavy atom. The number of rotatable bonds is 3. The number of nitrogens with zero attached hydrogens (tertiary/aromatic N) is 3. The fourth-order valence-corrected chi connectivity index (χ4v) is 3.17. The normalized spacial score (nSPS) is 19.5. The minimum atomic E-state index is -0.199. The smallest absolute Gasteiger partial charge is 0.317 e. The summed E-state index contributed by atoms with van der Waals surface area (Å²) in [4.78, 5) is 22.3. The average molecular weight is 328 g/mol. The van der Waals surface area contributed by atoms with Crippen molar-refractivity contribution in [3.63, 3.8) is 0 Å². The lowest BCUT2D eigenvalue weighted by atomic mass is 9.80. The Bertz CT molecular complexity index is 722. The number of carbonyl (C=O) groups excluding carboxylic acids is 1. The van der Waals surface area contributed by atoms with E-state index in [0.29, 0.717) is 13.0 Å². The van der Waals surface area contributed by atoms with E-state index in [2.05, 4.69) is 22.2 Å². The van der Waals surface area contributed by atoms with E-state index >= 15 is 0 Å². The van der Waals surface area contributed by atoms with Gasteiger partial charge in [-0.1, -0.05) is 19.1 Å². The van der Waals surface area contributed by atoms with Crippen LogP contribution in [0.2, 0.25) is 0 Å². The molecule has 126 valence electrons. The number of fused-ring (bicyclic) bond motifs is 1. The second kappa shape index (κ2) is 6.95. The molecule has 0 saturated carbocycles. The monoisotopic (exact) mass is 328 g/mol. The maximum Gasteiger partial charge on any atom is 0.317 e. The second-order valence-electron chi connectivity index (χ2n) is 6.30. The van der Waals surface area contributed by atoms with E-state index in [4.69, 9.17) is 0 Å². The summed E-state index contributed by atoms with van der Waals surface area (Å²) in [6.45, 7) is 2.46. The van der Waals surface area contributed by atoms with E-state index in [1.807, 2.05) is 6.07 Å². The van der Waals surface area contributed by atoms with E-state index in [-0.39, 0.29) is 23.8 Å². The van der Waals surface area contributed by atoms with Crippen molar-refractivity contribution >= 4 is 6.03 Å².